The third-order valence-electron chi connectivity index (χ3n) is 9.85. The second-order valence-electron chi connectivity index (χ2n) is 13.0. The molecule has 1 aliphatic carbocycles. The van der Waals surface area contributed by atoms with Crippen LogP contribution in [0.5, 0.6) is 0 Å². The first kappa shape index (κ1) is 14.3. The minimum Gasteiger partial charge on any atom is -0.455 e. The van der Waals surface area contributed by atoms with Gasteiger partial charge in [0.1, 0.15) is 17.6 Å². The standard InChI is InChI=1S/C56H36N2O/c1-4-20-40-35(13-1)16-9-25-46(40)51-52(56(49-27-11-18-37-15-3-6-22-42(37)49)59-55(51)48-26-10-17-36-14-2-5-21-41(36)48)47-32-31-45(43-23-7-8-24-44(43)47)50-33-30-39-29-28-38-19-12-34-57-53(38)54(39)58-50/h1-34,39,54H/i1D,2D,3D,4D,5D,6D,7D,8D,9D,10D,11D,12D,13D,14D,15D,16D,17D,18D,19D,20D,21D,22D,23D,24D,25D,27D,28D,29D,30D,31D,32D,33D,34D. The Morgan fingerprint density at radius 3 is 1.69 bits per heavy atom. The molecule has 0 saturated heterocycles. The lowest BCUT2D eigenvalue weighted by Gasteiger charge is -2.27. The molecule has 3 nitrogen and oxygen atoms in total. The minimum atomic E-state index is -1.75. The van der Waals surface area contributed by atoms with Gasteiger partial charge in [-0.3, -0.25) is 9.98 Å². The molecule has 1 aliphatic heterocycles. The molecule has 2 atom stereocenters. The summed E-state index contributed by atoms with van der Waals surface area (Å²) in [6.07, 6.45) is -0.812. The zero-order valence-corrected chi connectivity index (χ0v) is 29.5. The number of nitrogens with zero attached hydrogens (tertiary/aromatic N) is 2. The molecule has 2 unspecified atom stereocenters. The van der Waals surface area contributed by atoms with Crippen molar-refractivity contribution in [3.63, 3.8) is 0 Å². The second-order valence-corrected chi connectivity index (χ2v) is 13.0. The van der Waals surface area contributed by atoms with Crippen molar-refractivity contribution in [2.24, 2.45) is 10.9 Å². The summed E-state index contributed by atoms with van der Waals surface area (Å²) >= 11 is 0. The van der Waals surface area contributed by atoms with E-state index in [1.165, 1.54) is 0 Å². The van der Waals surface area contributed by atoms with Gasteiger partial charge in [0.2, 0.25) is 0 Å². The summed E-state index contributed by atoms with van der Waals surface area (Å²) in [6.45, 7) is 0. The lowest BCUT2D eigenvalue weighted by molar-refractivity contribution is 0.591. The number of aromatic nitrogens is 1. The lowest BCUT2D eigenvalue weighted by Crippen LogP contribution is -2.19. The molecule has 12 rings (SSSR count). The Bertz CT molecular complexity index is 5320. The maximum Gasteiger partial charge on any atom is 0.143 e. The predicted octanol–water partition coefficient (Wildman–Crippen LogP) is 14.7. The molecular formula is C56H36N2O. The molecule has 0 amide bonds. The number of allylic oxidation sites excluding steroid dienone is 1. The lowest BCUT2D eigenvalue weighted by atomic mass is 9.83. The highest BCUT2D eigenvalue weighted by molar-refractivity contribution is 6.21. The number of fused-ring (bicyclic) bond motifs is 7. The maximum absolute atomic E-state index is 10.4. The Kier molecular flexibility index (Phi) is 3.28. The molecule has 3 heterocycles. The van der Waals surface area contributed by atoms with Gasteiger partial charge in [-0.1, -0.05) is 187 Å². The van der Waals surface area contributed by atoms with Crippen LogP contribution in [0.4, 0.5) is 0 Å². The molecule has 3 heteroatoms. The molecule has 0 saturated carbocycles. The van der Waals surface area contributed by atoms with Gasteiger partial charge in [-0.2, -0.15) is 0 Å². The smallest absolute Gasteiger partial charge is 0.143 e. The van der Waals surface area contributed by atoms with Crippen molar-refractivity contribution in [1.29, 1.82) is 0 Å². The molecule has 0 N–H and O–H groups in total. The summed E-state index contributed by atoms with van der Waals surface area (Å²) in [4.78, 5) is 8.76. The Morgan fingerprint density at radius 1 is 0.441 bits per heavy atom. The summed E-state index contributed by atoms with van der Waals surface area (Å²) in [5, 5.41) is -6.43. The SMILES string of the molecule is [2H]C1=C([2H])C2C([2H])=C([2H])c3c(nc([2H])c([2H])c3[2H])C2N=C1c1c([2H])c([2H])c(-c2c(-c3c([2H])c([2H])c([2H])c4c([2H])c([2H])c([2H])c([2H])c34)oc(-c3cc([2H])c([2H])c4c([2H])c([2H])c([2H])c([2H])c34)c2-c2c([2H])c([2H])c([2H])c3c([2H])c([2H])c([2H])c([2H])c23)c2c([2H])c([2H])c([2H])c([2H])c12. The molecule has 8 aromatic carbocycles. The van der Waals surface area contributed by atoms with Crippen LogP contribution in [-0.2, 0) is 0 Å². The number of rotatable bonds is 5. The van der Waals surface area contributed by atoms with Crippen LogP contribution in [0, 0.1) is 5.92 Å². The molecule has 10 aromatic rings. The number of pyridine rings is 1. The van der Waals surface area contributed by atoms with Crippen molar-refractivity contribution in [1.82, 2.24) is 4.98 Å². The van der Waals surface area contributed by atoms with E-state index in [0.717, 1.165) is 6.07 Å². The van der Waals surface area contributed by atoms with Crippen molar-refractivity contribution < 1.29 is 49.7 Å². The quantitative estimate of drug-likeness (QED) is 0.174. The van der Waals surface area contributed by atoms with E-state index in [2.05, 4.69) is 9.98 Å². The molecule has 2 aromatic heterocycles. The third-order valence-corrected chi connectivity index (χ3v) is 9.85. The van der Waals surface area contributed by atoms with E-state index in [1.54, 1.807) is 0 Å². The summed E-state index contributed by atoms with van der Waals surface area (Å²) in [5.41, 5.74) is -8.15. The number of dihydropyridines is 1. The van der Waals surface area contributed by atoms with Crippen LogP contribution in [0.1, 0.15) is 68.1 Å². The summed E-state index contributed by atoms with van der Waals surface area (Å²) in [6, 6.07) is -32.8. The molecule has 2 aliphatic rings. The zero-order chi connectivity index (χ0) is 67.6. The Morgan fingerprint density at radius 2 is 0.966 bits per heavy atom. The second kappa shape index (κ2) is 13.5. The van der Waals surface area contributed by atoms with E-state index in [-0.39, 0.29) is 0 Å². The van der Waals surface area contributed by atoms with Crippen molar-refractivity contribution in [3.05, 3.63) is 216 Å². The fourth-order valence-electron chi connectivity index (χ4n) is 7.29. The fraction of sp³-hybridized carbons (Fsp3) is 0.0357. The molecule has 0 fully saturated rings. The molecule has 0 spiro atoms. The normalized spacial score (nSPS) is 24.3. The van der Waals surface area contributed by atoms with Gasteiger partial charge >= 0.3 is 0 Å². The van der Waals surface area contributed by atoms with Gasteiger partial charge in [-0.05, 0) is 71.9 Å². The minimum absolute atomic E-state index is 0.420. The van der Waals surface area contributed by atoms with Crippen LogP contribution in [0.2, 0.25) is 0 Å². The van der Waals surface area contributed by atoms with Gasteiger partial charge in [0.05, 0.1) is 56.6 Å². The fourth-order valence-corrected chi connectivity index (χ4v) is 7.29. The van der Waals surface area contributed by atoms with Crippen molar-refractivity contribution in [2.45, 2.75) is 6.04 Å². The van der Waals surface area contributed by atoms with E-state index in [4.69, 9.17) is 29.1 Å². The first-order valence-electron chi connectivity index (χ1n) is 34.1. The molecule has 276 valence electrons. The highest BCUT2D eigenvalue weighted by Gasteiger charge is 2.31. The number of hydrogen-bond acceptors (Lipinski definition) is 3. The van der Waals surface area contributed by atoms with E-state index >= 15 is 0 Å². The number of furan rings is 1. The average Bonchev–Trinajstić information content (AvgIpc) is 1.33. The Balaban J connectivity index is 1.42. The molecule has 0 bridgehead atoms. The van der Waals surface area contributed by atoms with Crippen LogP contribution in [-0.4, -0.2) is 10.7 Å². The Hall–Kier alpha value is -7.62. The molecule has 0 radical (unpaired) electrons. The number of hydrogen-bond donors (Lipinski definition) is 0. The largest absolute Gasteiger partial charge is 0.455 e. The van der Waals surface area contributed by atoms with E-state index in [9.17, 15) is 20.6 Å². The van der Waals surface area contributed by atoms with E-state index in [0.29, 0.717) is 0 Å². The topological polar surface area (TPSA) is 38.4 Å². The summed E-state index contributed by atoms with van der Waals surface area (Å²) < 4.78 is 311. The van der Waals surface area contributed by atoms with Crippen LogP contribution in [0.3, 0.4) is 0 Å². The summed E-state index contributed by atoms with van der Waals surface area (Å²) in [5.74, 6) is -3.75. The van der Waals surface area contributed by atoms with Crippen LogP contribution >= 0.6 is 0 Å². The van der Waals surface area contributed by atoms with Crippen LogP contribution < -0.4 is 0 Å². The van der Waals surface area contributed by atoms with Crippen LogP contribution in [0.15, 0.2) is 209 Å². The highest BCUT2D eigenvalue weighted by atomic mass is 16.3. The van der Waals surface area contributed by atoms with Gasteiger partial charge in [0.25, 0.3) is 0 Å². The van der Waals surface area contributed by atoms with Crippen molar-refractivity contribution in [2.75, 3.05) is 0 Å². The van der Waals surface area contributed by atoms with E-state index < -0.39 is 322 Å². The van der Waals surface area contributed by atoms with Gasteiger partial charge in [-0.25, -0.2) is 0 Å². The van der Waals surface area contributed by atoms with Crippen LogP contribution in [0.25, 0.3) is 94.0 Å². The average molecular weight is 786 g/mol. The first-order chi connectivity index (χ1) is 43.0. The highest BCUT2D eigenvalue weighted by Crippen LogP contribution is 2.53. The maximum atomic E-state index is 10.4. The third kappa shape index (κ3) is 5.36. The Labute approximate surface area is 388 Å². The molecular weight excluding hydrogens is 717 g/mol. The summed E-state index contributed by atoms with van der Waals surface area (Å²) in [7, 11) is 0. The van der Waals surface area contributed by atoms with Gasteiger partial charge in [0, 0.05) is 39.9 Å². The predicted molar refractivity (Wildman–Crippen MR) is 246 cm³/mol. The first-order valence-corrected chi connectivity index (χ1v) is 17.6. The van der Waals surface area contributed by atoms with Gasteiger partial charge in [-0.15, -0.1) is 0 Å². The monoisotopic (exact) mass is 785 g/mol. The van der Waals surface area contributed by atoms with Crippen molar-refractivity contribution >= 4 is 54.9 Å². The van der Waals surface area contributed by atoms with E-state index in [1.807, 2.05) is 0 Å². The van der Waals surface area contributed by atoms with Gasteiger partial charge in [0.15, 0.2) is 0 Å². The zero-order valence-electron chi connectivity index (χ0n) is 62.5. The number of benzene rings is 8. The van der Waals surface area contributed by atoms with Crippen molar-refractivity contribution in [3.8, 4) is 44.9 Å². The number of aliphatic imine (C=N–C) groups is 1. The van der Waals surface area contributed by atoms with Gasteiger partial charge < -0.3 is 4.42 Å². The molecule has 59 heavy (non-hydrogen) atoms.